The van der Waals surface area contributed by atoms with Gasteiger partial charge in [0.15, 0.2) is 0 Å². The Bertz CT molecular complexity index is 127. The zero-order valence-corrected chi connectivity index (χ0v) is 6.59. The molecular formula is C7H14O3. The Hall–Kier alpha value is -0.540. The van der Waals surface area contributed by atoms with Gasteiger partial charge in [0.25, 0.3) is 0 Å². The van der Waals surface area contributed by atoms with Gasteiger partial charge in [-0.15, -0.1) is 0 Å². The molecule has 0 aromatic heterocycles. The third kappa shape index (κ3) is 3.48. The second kappa shape index (κ2) is 4.30. The van der Waals surface area contributed by atoms with Crippen LogP contribution in [0.25, 0.3) is 0 Å². The van der Waals surface area contributed by atoms with Gasteiger partial charge in [0.05, 0.1) is 5.76 Å². The highest BCUT2D eigenvalue weighted by Gasteiger charge is 1.99. The van der Waals surface area contributed by atoms with Crippen LogP contribution in [0.15, 0.2) is 11.3 Å². The van der Waals surface area contributed by atoms with E-state index in [1.807, 2.05) is 13.8 Å². The van der Waals surface area contributed by atoms with Crippen LogP contribution in [-0.4, -0.2) is 16.7 Å². The van der Waals surface area contributed by atoms with Crippen molar-refractivity contribution in [2.24, 2.45) is 0 Å². The highest BCUT2D eigenvalue weighted by atomic mass is 16.7. The molecule has 0 amide bonds. The quantitative estimate of drug-likeness (QED) is 0.461. The molecule has 0 aliphatic rings. The molecular weight excluding hydrogens is 132 g/mol. The molecule has 2 N–H and O–H groups in total. The van der Waals surface area contributed by atoms with Crippen LogP contribution in [0.1, 0.15) is 27.2 Å². The molecule has 0 unspecified atom stereocenters. The van der Waals surface area contributed by atoms with Crippen LogP contribution in [0.5, 0.6) is 0 Å². The molecule has 0 radical (unpaired) electrons. The van der Waals surface area contributed by atoms with E-state index in [9.17, 15) is 0 Å². The minimum Gasteiger partial charge on any atom is -0.446 e. The van der Waals surface area contributed by atoms with Crippen molar-refractivity contribution in [1.29, 1.82) is 0 Å². The van der Waals surface area contributed by atoms with Gasteiger partial charge in [0.1, 0.15) is 0 Å². The summed E-state index contributed by atoms with van der Waals surface area (Å²) in [7, 11) is 0. The summed E-state index contributed by atoms with van der Waals surface area (Å²) in [6.45, 7) is 3.88. The Labute approximate surface area is 60.9 Å². The summed E-state index contributed by atoms with van der Waals surface area (Å²) in [5.74, 6) is 0.581. The molecule has 0 heterocycles. The molecule has 0 spiro atoms. The lowest BCUT2D eigenvalue weighted by atomic mass is 10.2. The summed E-state index contributed by atoms with van der Waals surface area (Å²) in [5, 5.41) is 16.7. The molecule has 0 aliphatic carbocycles. The van der Waals surface area contributed by atoms with Gasteiger partial charge < -0.3 is 14.9 Å². The molecule has 10 heavy (non-hydrogen) atoms. The molecule has 0 fully saturated rings. The van der Waals surface area contributed by atoms with Crippen molar-refractivity contribution >= 4 is 0 Å². The van der Waals surface area contributed by atoms with Crippen molar-refractivity contribution in [2.45, 2.75) is 33.7 Å². The number of hydrogen-bond acceptors (Lipinski definition) is 3. The van der Waals surface area contributed by atoms with Gasteiger partial charge in [-0.1, -0.05) is 6.92 Å². The van der Waals surface area contributed by atoms with Crippen LogP contribution in [0, 0.1) is 0 Å². The van der Waals surface area contributed by atoms with E-state index in [1.54, 1.807) is 6.92 Å². The minimum absolute atomic E-state index is 0.581. The second-order valence-corrected chi connectivity index (χ2v) is 2.13. The van der Waals surface area contributed by atoms with Crippen molar-refractivity contribution in [3.05, 3.63) is 11.3 Å². The number of allylic oxidation sites excluding steroid dienone is 2. The Morgan fingerprint density at radius 2 is 1.90 bits per heavy atom. The van der Waals surface area contributed by atoms with Crippen molar-refractivity contribution in [3.63, 3.8) is 0 Å². The van der Waals surface area contributed by atoms with Gasteiger partial charge in [0, 0.05) is 0 Å². The van der Waals surface area contributed by atoms with Crippen molar-refractivity contribution in [1.82, 2.24) is 0 Å². The summed E-state index contributed by atoms with van der Waals surface area (Å²) in [6, 6.07) is 0. The maximum Gasteiger partial charge on any atom is 0.310 e. The maximum atomic E-state index is 8.37. The highest BCUT2D eigenvalue weighted by molar-refractivity contribution is 5.01. The van der Waals surface area contributed by atoms with Crippen LogP contribution < -0.4 is 0 Å². The van der Waals surface area contributed by atoms with Gasteiger partial charge in [-0.3, -0.25) is 0 Å². The SMILES string of the molecule is CCC(C)=C(C)OC(O)O. The number of aliphatic hydroxyl groups excluding tert-OH is 1. The van der Waals surface area contributed by atoms with E-state index >= 15 is 0 Å². The van der Waals surface area contributed by atoms with Crippen LogP contribution >= 0.6 is 0 Å². The lowest BCUT2D eigenvalue weighted by Gasteiger charge is -2.09. The third-order valence-corrected chi connectivity index (χ3v) is 1.41. The van der Waals surface area contributed by atoms with Gasteiger partial charge in [-0.2, -0.15) is 0 Å². The molecule has 0 aromatic rings. The zero-order valence-electron chi connectivity index (χ0n) is 6.59. The topological polar surface area (TPSA) is 49.7 Å². The molecule has 60 valence electrons. The summed E-state index contributed by atoms with van der Waals surface area (Å²) >= 11 is 0. The Balaban J connectivity index is 3.92. The smallest absolute Gasteiger partial charge is 0.310 e. The standard InChI is InChI=1S/C7H14O3/c1-4-5(2)6(3)10-7(8)9/h7-9H,4H2,1-3H3. The van der Waals surface area contributed by atoms with Crippen LogP contribution in [0.3, 0.4) is 0 Å². The van der Waals surface area contributed by atoms with Gasteiger partial charge in [-0.05, 0) is 25.8 Å². The molecule has 0 saturated carbocycles. The minimum atomic E-state index is -1.69. The van der Waals surface area contributed by atoms with Crippen LogP contribution in [0.4, 0.5) is 0 Å². The third-order valence-electron chi connectivity index (χ3n) is 1.41. The van der Waals surface area contributed by atoms with E-state index in [0.29, 0.717) is 5.76 Å². The van der Waals surface area contributed by atoms with E-state index in [4.69, 9.17) is 10.2 Å². The van der Waals surface area contributed by atoms with Gasteiger partial charge in [-0.25, -0.2) is 0 Å². The number of hydrogen-bond donors (Lipinski definition) is 2. The Morgan fingerprint density at radius 1 is 1.40 bits per heavy atom. The lowest BCUT2D eigenvalue weighted by Crippen LogP contribution is -2.09. The van der Waals surface area contributed by atoms with Crippen LogP contribution in [0.2, 0.25) is 0 Å². The number of ether oxygens (including phenoxy) is 1. The number of rotatable bonds is 3. The predicted octanol–water partition coefficient (Wildman–Crippen LogP) is 0.975. The van der Waals surface area contributed by atoms with E-state index < -0.39 is 6.48 Å². The van der Waals surface area contributed by atoms with Crippen molar-refractivity contribution in [3.8, 4) is 0 Å². The average Bonchev–Trinajstić information content (AvgIpc) is 1.85. The molecule has 0 bridgehead atoms. The molecule has 3 nitrogen and oxygen atoms in total. The predicted molar refractivity (Wildman–Crippen MR) is 38.0 cm³/mol. The van der Waals surface area contributed by atoms with E-state index in [-0.39, 0.29) is 0 Å². The largest absolute Gasteiger partial charge is 0.446 e. The fourth-order valence-corrected chi connectivity index (χ4v) is 0.508. The molecule has 0 saturated heterocycles. The van der Waals surface area contributed by atoms with Crippen molar-refractivity contribution < 1.29 is 14.9 Å². The molecule has 0 aromatic carbocycles. The molecule has 0 atom stereocenters. The summed E-state index contributed by atoms with van der Waals surface area (Å²) in [5.41, 5.74) is 1.02. The first kappa shape index (κ1) is 9.46. The van der Waals surface area contributed by atoms with E-state index in [2.05, 4.69) is 4.74 Å². The lowest BCUT2D eigenvalue weighted by molar-refractivity contribution is -0.212. The monoisotopic (exact) mass is 146 g/mol. The molecule has 3 heteroatoms. The van der Waals surface area contributed by atoms with E-state index in [1.165, 1.54) is 0 Å². The first-order valence-corrected chi connectivity index (χ1v) is 3.27. The van der Waals surface area contributed by atoms with Crippen LogP contribution in [-0.2, 0) is 4.74 Å². The average molecular weight is 146 g/mol. The molecule has 0 aliphatic heterocycles. The maximum absolute atomic E-state index is 8.37. The fraction of sp³-hybridized carbons (Fsp3) is 0.714. The second-order valence-electron chi connectivity index (χ2n) is 2.13. The van der Waals surface area contributed by atoms with Gasteiger partial charge in [0.2, 0.25) is 0 Å². The fourth-order valence-electron chi connectivity index (χ4n) is 0.508. The van der Waals surface area contributed by atoms with Crippen molar-refractivity contribution in [2.75, 3.05) is 0 Å². The zero-order chi connectivity index (χ0) is 8.15. The normalized spacial score (nSPS) is 13.4. The first-order valence-electron chi connectivity index (χ1n) is 3.27. The summed E-state index contributed by atoms with van der Waals surface area (Å²) in [4.78, 5) is 0. The summed E-state index contributed by atoms with van der Waals surface area (Å²) < 4.78 is 4.59. The Morgan fingerprint density at radius 3 is 2.20 bits per heavy atom. The Kier molecular flexibility index (Phi) is 4.07. The van der Waals surface area contributed by atoms with E-state index in [0.717, 1.165) is 12.0 Å². The highest BCUT2D eigenvalue weighted by Crippen LogP contribution is 2.08. The summed E-state index contributed by atoms with van der Waals surface area (Å²) in [6.07, 6.45) is 0.860. The first-order chi connectivity index (χ1) is 4.57. The number of aliphatic hydroxyl groups is 2. The molecule has 0 rings (SSSR count). The van der Waals surface area contributed by atoms with Gasteiger partial charge >= 0.3 is 6.48 Å².